The molecule has 0 saturated carbocycles. The van der Waals surface area contributed by atoms with Gasteiger partial charge in [-0.05, 0) is 26.2 Å². The summed E-state index contributed by atoms with van der Waals surface area (Å²) in [6.07, 6.45) is 0. The van der Waals surface area contributed by atoms with E-state index in [9.17, 15) is 12.3 Å². The molecule has 1 fully saturated rings. The fourth-order valence-corrected chi connectivity index (χ4v) is 2.93. The third-order valence-electron chi connectivity index (χ3n) is 3.55. The summed E-state index contributed by atoms with van der Waals surface area (Å²) < 4.78 is 41.5. The molecule has 1 aromatic carbocycles. The quantitative estimate of drug-likeness (QED) is 0.727. The van der Waals surface area contributed by atoms with Gasteiger partial charge >= 0.3 is 10.4 Å². The van der Waals surface area contributed by atoms with Crippen LogP contribution in [0.25, 0.3) is 0 Å². The molecule has 8 heteroatoms. The van der Waals surface area contributed by atoms with Crippen molar-refractivity contribution in [2.24, 2.45) is 0 Å². The summed E-state index contributed by atoms with van der Waals surface area (Å²) in [5.41, 5.74) is 0.914. The Morgan fingerprint density at radius 2 is 1.82 bits per heavy atom. The summed E-state index contributed by atoms with van der Waals surface area (Å²) in [6, 6.07) is 7.64. The third kappa shape index (κ3) is 4.56. The van der Waals surface area contributed by atoms with Crippen LogP contribution in [0.4, 0.5) is 9.57 Å². The molecule has 1 aliphatic rings. The lowest BCUT2D eigenvalue weighted by Crippen LogP contribution is -2.47. The monoisotopic (exact) mass is 331 g/mol. The highest BCUT2D eigenvalue weighted by Crippen LogP contribution is 2.29. The summed E-state index contributed by atoms with van der Waals surface area (Å²) in [5, 5.41) is 0. The summed E-state index contributed by atoms with van der Waals surface area (Å²) in [5.74, 6) is 0.765. The molecule has 1 aliphatic heterocycles. The van der Waals surface area contributed by atoms with Crippen LogP contribution in [0, 0.1) is 0 Å². The Kier molecular flexibility index (Phi) is 5.60. The van der Waals surface area contributed by atoms with E-state index >= 15 is 0 Å². The number of nitrogens with zero attached hydrogens (tertiary/aromatic N) is 3. The van der Waals surface area contributed by atoms with E-state index in [1.165, 1.54) is 0 Å². The molecule has 1 heterocycles. The number of hydrogen-bond acceptors (Lipinski definition) is 5. The van der Waals surface area contributed by atoms with Crippen molar-refractivity contribution in [1.82, 2.24) is 9.21 Å². The Morgan fingerprint density at radius 1 is 1.18 bits per heavy atom. The first kappa shape index (κ1) is 17.0. The van der Waals surface area contributed by atoms with Gasteiger partial charge in [0.25, 0.3) is 0 Å². The largest absolute Gasteiger partial charge is 0.490 e. The van der Waals surface area contributed by atoms with Crippen molar-refractivity contribution in [2.75, 3.05) is 58.3 Å². The van der Waals surface area contributed by atoms with E-state index in [-0.39, 0.29) is 13.1 Å². The number of para-hydroxylation sites is 2. The Hall–Kier alpha value is -1.38. The van der Waals surface area contributed by atoms with E-state index in [4.69, 9.17) is 4.74 Å². The van der Waals surface area contributed by atoms with Crippen LogP contribution in [0.2, 0.25) is 0 Å². The summed E-state index contributed by atoms with van der Waals surface area (Å²) >= 11 is 0. The Labute approximate surface area is 131 Å². The number of anilines is 1. The van der Waals surface area contributed by atoms with Crippen molar-refractivity contribution in [2.45, 2.75) is 0 Å². The zero-order chi connectivity index (χ0) is 16.2. The number of halogens is 1. The first-order valence-corrected chi connectivity index (χ1v) is 8.53. The van der Waals surface area contributed by atoms with Crippen LogP contribution in [0.3, 0.4) is 0 Å². The minimum absolute atomic E-state index is 0.144. The van der Waals surface area contributed by atoms with Crippen LogP contribution in [-0.2, 0) is 10.4 Å². The second-order valence-corrected chi connectivity index (χ2v) is 6.79. The van der Waals surface area contributed by atoms with E-state index in [0.29, 0.717) is 19.7 Å². The van der Waals surface area contributed by atoms with E-state index in [2.05, 4.69) is 0 Å². The van der Waals surface area contributed by atoms with Gasteiger partial charge in [-0.3, -0.25) is 0 Å². The molecule has 0 radical (unpaired) electrons. The average Bonchev–Trinajstić information content (AvgIpc) is 2.47. The molecule has 0 unspecified atom stereocenters. The lowest BCUT2D eigenvalue weighted by atomic mass is 10.2. The molecule has 0 spiro atoms. The SMILES string of the molecule is CN(C)CCOc1ccccc1N1CCN(S(=O)(=O)F)CC1. The van der Waals surface area contributed by atoms with Gasteiger partial charge in [0.05, 0.1) is 5.69 Å². The molecule has 2 rings (SSSR count). The lowest BCUT2D eigenvalue weighted by Gasteiger charge is -2.34. The Balaban J connectivity index is 2.01. The summed E-state index contributed by atoms with van der Waals surface area (Å²) in [6.45, 7) is 2.55. The number of ether oxygens (including phenoxy) is 1. The van der Waals surface area contributed by atoms with Gasteiger partial charge in [0.2, 0.25) is 0 Å². The molecule has 0 aliphatic carbocycles. The zero-order valence-electron chi connectivity index (χ0n) is 12.9. The molecule has 0 N–H and O–H groups in total. The number of benzene rings is 1. The van der Waals surface area contributed by atoms with Crippen LogP contribution in [0.1, 0.15) is 0 Å². The second kappa shape index (κ2) is 7.26. The van der Waals surface area contributed by atoms with E-state index in [1.807, 2.05) is 48.2 Å². The maximum atomic E-state index is 13.0. The number of piperazine rings is 1. The predicted octanol–water partition coefficient (Wildman–Crippen LogP) is 0.963. The highest BCUT2D eigenvalue weighted by Gasteiger charge is 2.27. The van der Waals surface area contributed by atoms with Crippen molar-refractivity contribution in [3.63, 3.8) is 0 Å². The normalized spacial score (nSPS) is 17.0. The third-order valence-corrected chi connectivity index (χ3v) is 4.53. The summed E-state index contributed by atoms with van der Waals surface area (Å²) in [7, 11) is -0.639. The first-order valence-electron chi connectivity index (χ1n) is 7.19. The molecule has 0 aromatic heterocycles. The second-order valence-electron chi connectivity index (χ2n) is 5.45. The highest BCUT2D eigenvalue weighted by molar-refractivity contribution is 7.83. The molecular formula is C14H22FN3O3S. The van der Waals surface area contributed by atoms with Crippen LogP contribution in [0.15, 0.2) is 24.3 Å². The first-order chi connectivity index (χ1) is 10.4. The maximum absolute atomic E-state index is 13.0. The zero-order valence-corrected chi connectivity index (χ0v) is 13.7. The van der Waals surface area contributed by atoms with E-state index < -0.39 is 10.4 Å². The van der Waals surface area contributed by atoms with Gasteiger partial charge in [0.15, 0.2) is 0 Å². The predicted molar refractivity (Wildman–Crippen MR) is 84.3 cm³/mol. The van der Waals surface area contributed by atoms with Crippen LogP contribution in [0.5, 0.6) is 5.75 Å². The molecular weight excluding hydrogens is 309 g/mol. The van der Waals surface area contributed by atoms with Crippen LogP contribution < -0.4 is 9.64 Å². The standard InChI is InChI=1S/C14H22FN3O3S/c1-16(2)11-12-21-14-6-4-3-5-13(14)17-7-9-18(10-8-17)22(15,19)20/h3-6H,7-12H2,1-2H3. The number of likely N-dealkylation sites (N-methyl/N-ethyl adjacent to an activating group) is 1. The van der Waals surface area contributed by atoms with Crippen molar-refractivity contribution in [1.29, 1.82) is 0 Å². The van der Waals surface area contributed by atoms with Crippen molar-refractivity contribution < 1.29 is 17.0 Å². The van der Waals surface area contributed by atoms with Crippen LogP contribution >= 0.6 is 0 Å². The molecule has 124 valence electrons. The van der Waals surface area contributed by atoms with Gasteiger partial charge in [0.1, 0.15) is 12.4 Å². The van der Waals surface area contributed by atoms with E-state index in [0.717, 1.165) is 22.3 Å². The van der Waals surface area contributed by atoms with Gasteiger partial charge in [0, 0.05) is 32.7 Å². The fourth-order valence-electron chi connectivity index (χ4n) is 2.33. The molecule has 1 saturated heterocycles. The smallest absolute Gasteiger partial charge is 0.374 e. The van der Waals surface area contributed by atoms with Gasteiger partial charge < -0.3 is 14.5 Å². The highest BCUT2D eigenvalue weighted by atomic mass is 32.3. The van der Waals surface area contributed by atoms with Gasteiger partial charge in [-0.1, -0.05) is 16.0 Å². The van der Waals surface area contributed by atoms with Crippen molar-refractivity contribution in [3.05, 3.63) is 24.3 Å². The van der Waals surface area contributed by atoms with Crippen LogP contribution in [-0.4, -0.2) is 71.0 Å². The Morgan fingerprint density at radius 3 is 2.41 bits per heavy atom. The van der Waals surface area contributed by atoms with Gasteiger partial charge in [-0.2, -0.15) is 12.7 Å². The Bertz CT molecular complexity index is 587. The molecule has 0 amide bonds. The van der Waals surface area contributed by atoms with Gasteiger partial charge in [-0.25, -0.2) is 0 Å². The number of hydrogen-bond donors (Lipinski definition) is 0. The molecule has 22 heavy (non-hydrogen) atoms. The van der Waals surface area contributed by atoms with Gasteiger partial charge in [-0.15, -0.1) is 0 Å². The average molecular weight is 331 g/mol. The van der Waals surface area contributed by atoms with Crippen molar-refractivity contribution in [3.8, 4) is 5.75 Å². The molecule has 0 atom stereocenters. The minimum atomic E-state index is -4.60. The number of rotatable bonds is 6. The molecule has 1 aromatic rings. The molecule has 0 bridgehead atoms. The summed E-state index contributed by atoms with van der Waals surface area (Å²) in [4.78, 5) is 4.06. The molecule has 6 nitrogen and oxygen atoms in total. The fraction of sp³-hybridized carbons (Fsp3) is 0.571. The minimum Gasteiger partial charge on any atom is -0.490 e. The maximum Gasteiger partial charge on any atom is 0.374 e. The van der Waals surface area contributed by atoms with E-state index in [1.54, 1.807) is 0 Å². The topological polar surface area (TPSA) is 53.1 Å². The van der Waals surface area contributed by atoms with Crippen molar-refractivity contribution >= 4 is 16.1 Å². The lowest BCUT2D eigenvalue weighted by molar-refractivity contribution is 0.261.